The van der Waals surface area contributed by atoms with Crippen molar-refractivity contribution in [1.82, 2.24) is 0 Å². The van der Waals surface area contributed by atoms with Gasteiger partial charge in [0, 0.05) is 0 Å². The van der Waals surface area contributed by atoms with E-state index in [2.05, 4.69) is 9.47 Å². The van der Waals surface area contributed by atoms with Crippen LogP contribution >= 0.6 is 0 Å². The van der Waals surface area contributed by atoms with Crippen molar-refractivity contribution < 1.29 is 31.8 Å². The minimum atomic E-state index is -4.47. The molecule has 1 saturated heterocycles. The zero-order chi connectivity index (χ0) is 10.1. The van der Waals surface area contributed by atoms with Crippen molar-refractivity contribution in [2.45, 2.75) is 25.1 Å². The summed E-state index contributed by atoms with van der Waals surface area (Å²) in [6.07, 6.45) is -9.23. The molecule has 76 valence electrons. The van der Waals surface area contributed by atoms with E-state index in [1.807, 2.05) is 0 Å². The Balaban J connectivity index is 2.22. The fraction of sp³-hybridized carbons (Fsp3) is 0.833. The number of rotatable bonds is 4. The number of ether oxygens (including phenoxy) is 2. The minimum absolute atomic E-state index is 0.0701. The number of alkyl halides is 4. The second kappa shape index (κ2) is 3.49. The highest BCUT2D eigenvalue weighted by molar-refractivity contribution is 5.75. The molecule has 1 heterocycles. The number of hydrogen-bond acceptors (Lipinski definition) is 3. The Hall–Kier alpha value is -0.850. The summed E-state index contributed by atoms with van der Waals surface area (Å²) in [5.74, 6) is -0.547. The second-order valence-corrected chi connectivity index (χ2v) is 2.49. The van der Waals surface area contributed by atoms with Crippen LogP contribution in [0.2, 0.25) is 0 Å². The average molecular weight is 202 g/mol. The summed E-state index contributed by atoms with van der Waals surface area (Å²) < 4.78 is 54.9. The minimum Gasteiger partial charge on any atom is -0.459 e. The van der Waals surface area contributed by atoms with Gasteiger partial charge in [0.2, 0.25) is 0 Å². The third-order valence-electron chi connectivity index (χ3n) is 1.41. The first kappa shape index (κ1) is 10.2. The molecule has 1 aliphatic rings. The van der Waals surface area contributed by atoms with Gasteiger partial charge in [0.25, 0.3) is 0 Å². The van der Waals surface area contributed by atoms with Crippen LogP contribution < -0.4 is 0 Å². The van der Waals surface area contributed by atoms with Gasteiger partial charge in [-0.05, 0) is 0 Å². The van der Waals surface area contributed by atoms with Gasteiger partial charge in [0.05, 0.1) is 13.0 Å². The first-order chi connectivity index (χ1) is 5.92. The molecule has 1 atom stereocenters. The van der Waals surface area contributed by atoms with Crippen LogP contribution in [0, 0.1) is 0 Å². The smallest absolute Gasteiger partial charge is 0.416 e. The number of cyclic esters (lactones) is 1. The lowest BCUT2D eigenvalue weighted by atomic mass is 10.2. The highest BCUT2D eigenvalue weighted by Gasteiger charge is 2.44. The van der Waals surface area contributed by atoms with Gasteiger partial charge in [-0.1, -0.05) is 0 Å². The molecular weight excluding hydrogens is 196 g/mol. The molecule has 1 fully saturated rings. The van der Waals surface area contributed by atoms with Crippen LogP contribution in [-0.2, 0) is 14.3 Å². The Morgan fingerprint density at radius 2 is 2.15 bits per heavy atom. The predicted octanol–water partition coefficient (Wildman–Crippen LogP) is 1.18. The van der Waals surface area contributed by atoms with E-state index in [0.717, 1.165) is 0 Å². The number of hydrogen-bond donors (Lipinski definition) is 0. The summed E-state index contributed by atoms with van der Waals surface area (Å²) >= 11 is 0. The van der Waals surface area contributed by atoms with Crippen molar-refractivity contribution in [3.05, 3.63) is 0 Å². The summed E-state index contributed by atoms with van der Waals surface area (Å²) in [5.41, 5.74) is 0. The predicted molar refractivity (Wildman–Crippen MR) is 31.4 cm³/mol. The van der Waals surface area contributed by atoms with E-state index in [-0.39, 0.29) is 6.42 Å². The van der Waals surface area contributed by atoms with E-state index in [1.54, 1.807) is 0 Å². The number of esters is 1. The van der Waals surface area contributed by atoms with Crippen LogP contribution in [0.15, 0.2) is 0 Å². The molecular formula is C6H6F4O3. The molecule has 13 heavy (non-hydrogen) atoms. The van der Waals surface area contributed by atoms with Gasteiger partial charge in [-0.25, -0.2) is 8.78 Å². The molecule has 0 amide bonds. The van der Waals surface area contributed by atoms with Crippen LogP contribution in [0.5, 0.6) is 0 Å². The van der Waals surface area contributed by atoms with Crippen molar-refractivity contribution >= 4 is 5.97 Å². The van der Waals surface area contributed by atoms with Crippen molar-refractivity contribution in [3.63, 3.8) is 0 Å². The molecule has 7 heteroatoms. The number of halogens is 4. The van der Waals surface area contributed by atoms with Crippen LogP contribution in [0.25, 0.3) is 0 Å². The lowest BCUT2D eigenvalue weighted by Crippen LogP contribution is -2.40. The molecule has 1 rings (SSSR count). The molecule has 0 N–H and O–H groups in total. The van der Waals surface area contributed by atoms with E-state index >= 15 is 0 Å². The molecule has 1 unspecified atom stereocenters. The van der Waals surface area contributed by atoms with Crippen LogP contribution in [0.1, 0.15) is 6.42 Å². The van der Waals surface area contributed by atoms with E-state index in [1.165, 1.54) is 0 Å². The van der Waals surface area contributed by atoms with Crippen molar-refractivity contribution in [2.75, 3.05) is 6.61 Å². The van der Waals surface area contributed by atoms with E-state index in [9.17, 15) is 22.4 Å². The maximum absolute atomic E-state index is 12.1. The number of carbonyl (C=O) groups is 1. The topological polar surface area (TPSA) is 35.5 Å². The monoisotopic (exact) mass is 202 g/mol. The second-order valence-electron chi connectivity index (χ2n) is 2.49. The summed E-state index contributed by atoms with van der Waals surface area (Å²) in [6.45, 7) is -0.705. The Morgan fingerprint density at radius 3 is 2.54 bits per heavy atom. The molecule has 1 aliphatic heterocycles. The van der Waals surface area contributed by atoms with Gasteiger partial charge in [-0.15, -0.1) is 0 Å². The van der Waals surface area contributed by atoms with Crippen LogP contribution in [-0.4, -0.2) is 31.2 Å². The third kappa shape index (κ3) is 2.55. The van der Waals surface area contributed by atoms with Gasteiger partial charge in [-0.3, -0.25) is 4.79 Å². The number of carbonyl (C=O) groups excluding carboxylic acids is 1. The maximum Gasteiger partial charge on any atom is 0.416 e. The zero-order valence-corrected chi connectivity index (χ0v) is 6.31. The maximum atomic E-state index is 12.1. The van der Waals surface area contributed by atoms with Crippen molar-refractivity contribution in [2.24, 2.45) is 0 Å². The fourth-order valence-corrected chi connectivity index (χ4v) is 0.722. The molecule has 3 nitrogen and oxygen atoms in total. The lowest BCUT2D eigenvalue weighted by molar-refractivity contribution is -0.310. The third-order valence-corrected chi connectivity index (χ3v) is 1.41. The molecule has 0 aromatic carbocycles. The average Bonchev–Trinajstić information content (AvgIpc) is 1.95. The zero-order valence-electron chi connectivity index (χ0n) is 6.31. The summed E-state index contributed by atoms with van der Waals surface area (Å²) in [6, 6.07) is 0. The Labute approximate surface area is 70.6 Å². The SMILES string of the molecule is O=C1CC(COC(F)(F)C(F)F)O1. The first-order valence-corrected chi connectivity index (χ1v) is 3.41. The standard InChI is InChI=1S/C6H6F4O3/c7-5(8)6(9,10)12-2-3-1-4(11)13-3/h3,5H,1-2H2. The van der Waals surface area contributed by atoms with E-state index in [4.69, 9.17) is 0 Å². The normalized spacial score (nSPS) is 22.8. The van der Waals surface area contributed by atoms with Crippen LogP contribution in [0.3, 0.4) is 0 Å². The largest absolute Gasteiger partial charge is 0.459 e. The molecule has 0 aromatic heterocycles. The molecule has 0 radical (unpaired) electrons. The van der Waals surface area contributed by atoms with Gasteiger partial charge < -0.3 is 9.47 Å². The quantitative estimate of drug-likeness (QED) is 0.507. The lowest BCUT2D eigenvalue weighted by Gasteiger charge is -2.26. The van der Waals surface area contributed by atoms with Gasteiger partial charge >= 0.3 is 18.5 Å². The Morgan fingerprint density at radius 1 is 1.62 bits per heavy atom. The van der Waals surface area contributed by atoms with Crippen molar-refractivity contribution in [1.29, 1.82) is 0 Å². The molecule has 0 spiro atoms. The molecule has 0 aliphatic carbocycles. The molecule has 0 saturated carbocycles. The Bertz CT molecular complexity index is 198. The van der Waals surface area contributed by atoms with E-state index < -0.39 is 31.2 Å². The van der Waals surface area contributed by atoms with Crippen molar-refractivity contribution in [3.8, 4) is 0 Å². The molecule has 0 bridgehead atoms. The highest BCUT2D eigenvalue weighted by atomic mass is 19.3. The van der Waals surface area contributed by atoms with Crippen LogP contribution in [0.4, 0.5) is 17.6 Å². The van der Waals surface area contributed by atoms with Gasteiger partial charge in [0.1, 0.15) is 6.10 Å². The first-order valence-electron chi connectivity index (χ1n) is 3.41. The summed E-state index contributed by atoms with van der Waals surface area (Å²) in [7, 11) is 0. The van der Waals surface area contributed by atoms with Gasteiger partial charge in [-0.2, -0.15) is 8.78 Å². The summed E-state index contributed by atoms with van der Waals surface area (Å²) in [5, 5.41) is 0. The molecule has 0 aromatic rings. The highest BCUT2D eigenvalue weighted by Crippen LogP contribution is 2.26. The summed E-state index contributed by atoms with van der Waals surface area (Å²) in [4.78, 5) is 10.2. The van der Waals surface area contributed by atoms with E-state index in [0.29, 0.717) is 0 Å². The fourth-order valence-electron chi connectivity index (χ4n) is 0.722. The van der Waals surface area contributed by atoms with Gasteiger partial charge in [0.15, 0.2) is 0 Å². The Kier molecular flexibility index (Phi) is 2.74.